The van der Waals surface area contributed by atoms with E-state index in [0.717, 1.165) is 30.4 Å². The highest BCUT2D eigenvalue weighted by Gasteiger charge is 2.19. The molecular formula is C26H25N5O5S. The van der Waals surface area contributed by atoms with Crippen LogP contribution in [0.2, 0.25) is 0 Å². The number of fused-ring (bicyclic) bond motifs is 1. The maximum absolute atomic E-state index is 12.6. The van der Waals surface area contributed by atoms with Crippen LogP contribution in [-0.4, -0.2) is 41.1 Å². The number of carbonyl (C=O) groups excluding carboxylic acids is 1. The van der Waals surface area contributed by atoms with Crippen molar-refractivity contribution < 1.29 is 18.9 Å². The normalized spacial score (nSPS) is 10.7. The molecule has 37 heavy (non-hydrogen) atoms. The van der Waals surface area contributed by atoms with E-state index in [-0.39, 0.29) is 22.1 Å². The van der Waals surface area contributed by atoms with Crippen LogP contribution >= 0.6 is 12.2 Å². The molecule has 0 atom stereocenters. The van der Waals surface area contributed by atoms with Crippen LogP contribution in [0.5, 0.6) is 5.75 Å². The van der Waals surface area contributed by atoms with E-state index in [9.17, 15) is 14.9 Å². The summed E-state index contributed by atoms with van der Waals surface area (Å²) in [7, 11) is 1.32. The quantitative estimate of drug-likeness (QED) is 0.179. The Kier molecular flexibility index (Phi) is 7.63. The second-order valence-electron chi connectivity index (χ2n) is 7.97. The molecule has 4 rings (SSSR count). The fraction of sp³-hybridized carbons (Fsp3) is 0.192. The first-order valence-corrected chi connectivity index (χ1v) is 11.9. The van der Waals surface area contributed by atoms with Crippen molar-refractivity contribution in [3.8, 4) is 17.2 Å². The predicted molar refractivity (Wildman–Crippen MR) is 146 cm³/mol. The maximum Gasteiger partial charge on any atom is 0.311 e. The number of benzene rings is 3. The Hall–Kier alpha value is -4.51. The first-order valence-electron chi connectivity index (χ1n) is 11.5. The minimum Gasteiger partial charge on any atom is -0.490 e. The monoisotopic (exact) mass is 519 g/mol. The van der Waals surface area contributed by atoms with Gasteiger partial charge < -0.3 is 19.4 Å². The van der Waals surface area contributed by atoms with E-state index in [1.165, 1.54) is 19.2 Å². The Labute approximate surface area is 218 Å². The molecule has 3 aromatic carbocycles. The van der Waals surface area contributed by atoms with Crippen molar-refractivity contribution in [2.24, 2.45) is 0 Å². The van der Waals surface area contributed by atoms with Crippen molar-refractivity contribution in [1.82, 2.24) is 10.3 Å². The summed E-state index contributed by atoms with van der Waals surface area (Å²) in [5.41, 5.74) is 3.57. The summed E-state index contributed by atoms with van der Waals surface area (Å²) in [5, 5.41) is 16.7. The molecule has 2 N–H and O–H groups in total. The van der Waals surface area contributed by atoms with Crippen LogP contribution < -0.4 is 20.3 Å². The number of carbonyl (C=O) groups is 1. The summed E-state index contributed by atoms with van der Waals surface area (Å²) in [6.45, 7) is 6.09. The number of thiocarbonyl (C=S) groups is 1. The first-order chi connectivity index (χ1) is 17.8. The molecule has 0 bridgehead atoms. The number of amides is 1. The number of aromatic nitrogens is 1. The zero-order valence-corrected chi connectivity index (χ0v) is 21.3. The number of hydrogen-bond donors (Lipinski definition) is 2. The average molecular weight is 520 g/mol. The zero-order chi connectivity index (χ0) is 26.5. The number of oxazole rings is 1. The highest BCUT2D eigenvalue weighted by molar-refractivity contribution is 7.80. The molecule has 10 nitrogen and oxygen atoms in total. The van der Waals surface area contributed by atoms with Gasteiger partial charge in [-0.1, -0.05) is 0 Å². The van der Waals surface area contributed by atoms with Crippen LogP contribution in [-0.2, 0) is 0 Å². The van der Waals surface area contributed by atoms with Gasteiger partial charge in [-0.05, 0) is 80.7 Å². The van der Waals surface area contributed by atoms with Gasteiger partial charge in [-0.3, -0.25) is 20.2 Å². The van der Waals surface area contributed by atoms with Crippen LogP contribution in [0.1, 0.15) is 24.2 Å². The number of methoxy groups -OCH3 is 1. The molecule has 0 aliphatic heterocycles. The Morgan fingerprint density at radius 2 is 1.84 bits per heavy atom. The molecular weight excluding hydrogens is 494 g/mol. The second kappa shape index (κ2) is 11.0. The van der Waals surface area contributed by atoms with Crippen LogP contribution in [0, 0.1) is 10.1 Å². The van der Waals surface area contributed by atoms with Gasteiger partial charge in [0.05, 0.1) is 12.0 Å². The third-order valence-electron chi connectivity index (χ3n) is 5.75. The van der Waals surface area contributed by atoms with Gasteiger partial charge in [-0.15, -0.1) is 0 Å². The molecule has 1 amide bonds. The number of anilines is 2. The SMILES string of the molecule is CCN(CC)c1ccc(-c2nc3cc(NC(=S)NC(=O)c4ccc(OC)c([N+](=O)[O-])c4)ccc3o2)cc1. The molecule has 0 aliphatic rings. The van der Waals surface area contributed by atoms with Crippen molar-refractivity contribution >= 4 is 51.4 Å². The van der Waals surface area contributed by atoms with Crippen LogP contribution in [0.3, 0.4) is 0 Å². The van der Waals surface area contributed by atoms with Gasteiger partial charge in [0.25, 0.3) is 5.91 Å². The van der Waals surface area contributed by atoms with Crippen molar-refractivity contribution in [2.75, 3.05) is 30.4 Å². The van der Waals surface area contributed by atoms with E-state index in [0.29, 0.717) is 22.7 Å². The summed E-state index contributed by atoms with van der Waals surface area (Å²) >= 11 is 5.25. The molecule has 0 unspecified atom stereocenters. The second-order valence-corrected chi connectivity index (χ2v) is 8.38. The minimum atomic E-state index is -0.618. The third-order valence-corrected chi connectivity index (χ3v) is 5.96. The van der Waals surface area contributed by atoms with E-state index in [4.69, 9.17) is 21.4 Å². The smallest absolute Gasteiger partial charge is 0.311 e. The summed E-state index contributed by atoms with van der Waals surface area (Å²) < 4.78 is 10.9. The van der Waals surface area contributed by atoms with E-state index in [1.54, 1.807) is 18.2 Å². The Morgan fingerprint density at radius 3 is 2.49 bits per heavy atom. The van der Waals surface area contributed by atoms with E-state index >= 15 is 0 Å². The highest BCUT2D eigenvalue weighted by atomic mass is 32.1. The van der Waals surface area contributed by atoms with Gasteiger partial charge in [-0.25, -0.2) is 4.98 Å². The van der Waals surface area contributed by atoms with Crippen molar-refractivity contribution in [3.63, 3.8) is 0 Å². The van der Waals surface area contributed by atoms with Gasteiger partial charge in [0.15, 0.2) is 16.4 Å². The third kappa shape index (κ3) is 5.67. The summed E-state index contributed by atoms with van der Waals surface area (Å²) in [5.74, 6) is -0.0428. The number of ether oxygens (including phenoxy) is 1. The average Bonchev–Trinajstić information content (AvgIpc) is 3.32. The molecule has 0 saturated heterocycles. The molecule has 4 aromatic rings. The van der Waals surface area contributed by atoms with Gasteiger partial charge in [0, 0.05) is 41.7 Å². The fourth-order valence-electron chi connectivity index (χ4n) is 3.84. The number of nitro groups is 1. The van der Waals surface area contributed by atoms with Crippen LogP contribution in [0.25, 0.3) is 22.6 Å². The number of nitro benzene ring substituents is 1. The summed E-state index contributed by atoms with van der Waals surface area (Å²) in [6, 6.07) is 17.2. The lowest BCUT2D eigenvalue weighted by molar-refractivity contribution is -0.385. The van der Waals surface area contributed by atoms with Gasteiger partial charge in [-0.2, -0.15) is 0 Å². The largest absolute Gasteiger partial charge is 0.490 e. The van der Waals surface area contributed by atoms with E-state index < -0.39 is 10.8 Å². The number of nitrogens with one attached hydrogen (secondary N) is 2. The Bertz CT molecular complexity index is 1460. The summed E-state index contributed by atoms with van der Waals surface area (Å²) in [4.78, 5) is 30.0. The van der Waals surface area contributed by atoms with Crippen molar-refractivity contribution in [3.05, 3.63) is 76.3 Å². The van der Waals surface area contributed by atoms with Crippen molar-refractivity contribution in [2.45, 2.75) is 13.8 Å². The molecule has 0 saturated carbocycles. The summed E-state index contributed by atoms with van der Waals surface area (Å²) in [6.07, 6.45) is 0. The molecule has 0 fully saturated rings. The molecule has 190 valence electrons. The minimum absolute atomic E-state index is 0.0264. The van der Waals surface area contributed by atoms with Gasteiger partial charge in [0.1, 0.15) is 5.52 Å². The lowest BCUT2D eigenvalue weighted by Gasteiger charge is -2.20. The lowest BCUT2D eigenvalue weighted by atomic mass is 10.1. The number of rotatable bonds is 8. The standard InChI is InChI=1S/C26H25N5O5S/c1-4-30(5-2)19-10-6-16(7-11-19)25-28-20-15-18(9-13-22(20)36-25)27-26(37)29-24(32)17-8-12-23(35-3)21(14-17)31(33)34/h6-15H,4-5H2,1-3H3,(H2,27,29,32,37). The molecule has 1 aromatic heterocycles. The number of hydrogen-bond acceptors (Lipinski definition) is 8. The molecule has 0 aliphatic carbocycles. The van der Waals surface area contributed by atoms with Gasteiger partial charge >= 0.3 is 5.69 Å². The zero-order valence-electron chi connectivity index (χ0n) is 20.5. The van der Waals surface area contributed by atoms with Crippen molar-refractivity contribution in [1.29, 1.82) is 0 Å². The first kappa shape index (κ1) is 25.6. The predicted octanol–water partition coefficient (Wildman–Crippen LogP) is 5.38. The van der Waals surface area contributed by atoms with E-state index in [1.807, 2.05) is 24.3 Å². The molecule has 0 spiro atoms. The van der Waals surface area contributed by atoms with E-state index in [2.05, 4.69) is 34.4 Å². The molecule has 0 radical (unpaired) electrons. The number of nitrogens with zero attached hydrogens (tertiary/aromatic N) is 3. The Morgan fingerprint density at radius 1 is 1.11 bits per heavy atom. The van der Waals surface area contributed by atoms with Crippen LogP contribution in [0.4, 0.5) is 17.1 Å². The van der Waals surface area contributed by atoms with Crippen LogP contribution in [0.15, 0.2) is 65.1 Å². The molecule has 1 heterocycles. The topological polar surface area (TPSA) is 123 Å². The molecule has 11 heteroatoms. The fourth-order valence-corrected chi connectivity index (χ4v) is 4.05. The highest BCUT2D eigenvalue weighted by Crippen LogP contribution is 2.29. The lowest BCUT2D eigenvalue weighted by Crippen LogP contribution is -2.34. The van der Waals surface area contributed by atoms with Gasteiger partial charge in [0.2, 0.25) is 5.89 Å². The Balaban J connectivity index is 1.46. The maximum atomic E-state index is 12.6.